The molecule has 1 aliphatic heterocycles. The van der Waals surface area contributed by atoms with Gasteiger partial charge in [0, 0.05) is 6.04 Å². The molecule has 0 bridgehead atoms. The Morgan fingerprint density at radius 2 is 1.68 bits per heavy atom. The van der Waals surface area contributed by atoms with Crippen LogP contribution in [0, 0.1) is 5.92 Å². The number of aliphatic hydroxyl groups is 5. The summed E-state index contributed by atoms with van der Waals surface area (Å²) in [6.07, 6.45) is -7.60. The predicted molar refractivity (Wildman–Crippen MR) is 74.4 cm³/mol. The van der Waals surface area contributed by atoms with Gasteiger partial charge in [-0.15, -0.1) is 0 Å². The summed E-state index contributed by atoms with van der Waals surface area (Å²) in [4.78, 5) is 0. The zero-order chi connectivity index (χ0) is 16.6. The van der Waals surface area contributed by atoms with E-state index in [9.17, 15) is 20.4 Å². The molecule has 0 aromatic rings. The van der Waals surface area contributed by atoms with Crippen LogP contribution < -0.4 is 11.5 Å². The Labute approximate surface area is 128 Å². The molecule has 0 radical (unpaired) electrons. The van der Waals surface area contributed by atoms with Gasteiger partial charge in [0.05, 0.1) is 18.8 Å². The molecule has 22 heavy (non-hydrogen) atoms. The molecule has 2 fully saturated rings. The Balaban J connectivity index is 2.08. The maximum absolute atomic E-state index is 10.1. The van der Waals surface area contributed by atoms with Gasteiger partial charge < -0.3 is 46.5 Å². The van der Waals surface area contributed by atoms with Crippen LogP contribution in [0.25, 0.3) is 0 Å². The number of aliphatic hydroxyl groups excluding tert-OH is 5. The van der Waals surface area contributed by atoms with Crippen molar-refractivity contribution in [3.63, 3.8) is 0 Å². The van der Waals surface area contributed by atoms with E-state index in [1.165, 1.54) is 0 Å². The molecule has 1 saturated carbocycles. The molecule has 0 amide bonds. The Hall–Kier alpha value is -0.360. The molecule has 0 unspecified atom stereocenters. The van der Waals surface area contributed by atoms with E-state index in [2.05, 4.69) is 0 Å². The Morgan fingerprint density at radius 1 is 1.05 bits per heavy atom. The molecule has 2 aliphatic rings. The van der Waals surface area contributed by atoms with Crippen LogP contribution in [0.2, 0.25) is 0 Å². The van der Waals surface area contributed by atoms with Crippen molar-refractivity contribution in [3.8, 4) is 0 Å². The Bertz CT molecular complexity index is 372. The summed E-state index contributed by atoms with van der Waals surface area (Å²) in [5.74, 6) is -0.177. The molecular weight excluding hydrogens is 296 g/mol. The summed E-state index contributed by atoms with van der Waals surface area (Å²) in [7, 11) is 0. The van der Waals surface area contributed by atoms with E-state index in [1.807, 2.05) is 0 Å². The van der Waals surface area contributed by atoms with Crippen molar-refractivity contribution in [2.45, 2.75) is 68.3 Å². The fraction of sp³-hybridized carbons (Fsp3) is 1.00. The van der Waals surface area contributed by atoms with Crippen molar-refractivity contribution in [1.82, 2.24) is 0 Å². The maximum Gasteiger partial charge on any atom is 0.176 e. The molecular formula is C13H26N2O7. The van der Waals surface area contributed by atoms with Crippen molar-refractivity contribution in [3.05, 3.63) is 0 Å². The van der Waals surface area contributed by atoms with Gasteiger partial charge in [-0.2, -0.15) is 0 Å². The van der Waals surface area contributed by atoms with Gasteiger partial charge >= 0.3 is 0 Å². The fourth-order valence-electron chi connectivity index (χ4n) is 3.05. The quantitative estimate of drug-likeness (QED) is 0.275. The zero-order valence-corrected chi connectivity index (χ0v) is 12.4. The first-order chi connectivity index (χ1) is 10.3. The van der Waals surface area contributed by atoms with Crippen LogP contribution in [-0.4, -0.2) is 87.1 Å². The van der Waals surface area contributed by atoms with Crippen LogP contribution in [0.3, 0.4) is 0 Å². The first-order valence-electron chi connectivity index (χ1n) is 7.43. The summed E-state index contributed by atoms with van der Waals surface area (Å²) in [6, 6.07) is -1.62. The van der Waals surface area contributed by atoms with Gasteiger partial charge in [0.25, 0.3) is 0 Å². The van der Waals surface area contributed by atoms with Gasteiger partial charge in [-0.25, -0.2) is 0 Å². The molecule has 0 aromatic heterocycles. The monoisotopic (exact) mass is 322 g/mol. The lowest BCUT2D eigenvalue weighted by molar-refractivity contribution is -0.295. The SMILES string of the molecule is C[C@@H]1C[C@H](N)[C@@H](O[C@H]2O[C@H](CO)[C@@H](O)[C@H](O)[C@H]2N)[C@H](O)[C@H]1O. The summed E-state index contributed by atoms with van der Waals surface area (Å²) in [6.45, 7) is 1.25. The third-order valence-corrected chi connectivity index (χ3v) is 4.56. The molecule has 0 aromatic carbocycles. The van der Waals surface area contributed by atoms with Gasteiger partial charge in [0.1, 0.15) is 30.5 Å². The third kappa shape index (κ3) is 3.28. The van der Waals surface area contributed by atoms with E-state index in [4.69, 9.17) is 26.0 Å². The van der Waals surface area contributed by atoms with Crippen LogP contribution in [0.4, 0.5) is 0 Å². The number of rotatable bonds is 3. The standard InChI is InChI=1S/C13H26N2O7/c1-4-2-5(14)12(11(20)8(4)17)22-13-7(15)10(19)9(18)6(3-16)21-13/h4-13,16-20H,2-3,14-15H2,1H3/t4-,5+,6-,7-,8+,9-,10-,11-,12-,13-/m1/s1. The van der Waals surface area contributed by atoms with Gasteiger partial charge in [-0.05, 0) is 12.3 Å². The number of hydrogen-bond donors (Lipinski definition) is 7. The summed E-state index contributed by atoms with van der Waals surface area (Å²) >= 11 is 0. The van der Waals surface area contributed by atoms with E-state index in [-0.39, 0.29) is 5.92 Å². The molecule has 9 N–H and O–H groups in total. The molecule has 0 spiro atoms. The smallest absolute Gasteiger partial charge is 0.176 e. The average molecular weight is 322 g/mol. The van der Waals surface area contributed by atoms with E-state index in [0.29, 0.717) is 6.42 Å². The topological polar surface area (TPSA) is 172 Å². The molecule has 130 valence electrons. The van der Waals surface area contributed by atoms with Crippen molar-refractivity contribution < 1.29 is 35.0 Å². The minimum Gasteiger partial charge on any atom is -0.394 e. The second-order valence-electron chi connectivity index (χ2n) is 6.24. The van der Waals surface area contributed by atoms with Gasteiger partial charge in [-0.3, -0.25) is 0 Å². The van der Waals surface area contributed by atoms with E-state index < -0.39 is 61.6 Å². The molecule has 1 saturated heterocycles. The van der Waals surface area contributed by atoms with E-state index in [1.54, 1.807) is 6.92 Å². The number of ether oxygens (including phenoxy) is 2. The van der Waals surface area contributed by atoms with Crippen molar-refractivity contribution in [2.24, 2.45) is 17.4 Å². The lowest BCUT2D eigenvalue weighted by atomic mass is 9.80. The summed E-state index contributed by atoms with van der Waals surface area (Å²) in [5.41, 5.74) is 11.7. The average Bonchev–Trinajstić information content (AvgIpc) is 2.49. The first kappa shape index (κ1) is 18.0. The number of hydrogen-bond acceptors (Lipinski definition) is 9. The van der Waals surface area contributed by atoms with Crippen LogP contribution in [0.15, 0.2) is 0 Å². The number of nitrogens with two attached hydrogens (primary N) is 2. The van der Waals surface area contributed by atoms with Crippen LogP contribution in [-0.2, 0) is 9.47 Å². The van der Waals surface area contributed by atoms with Crippen LogP contribution >= 0.6 is 0 Å². The normalized spacial score (nSPS) is 53.5. The van der Waals surface area contributed by atoms with Crippen LogP contribution in [0.1, 0.15) is 13.3 Å². The minimum atomic E-state index is -1.35. The second kappa shape index (κ2) is 7.04. The lowest BCUT2D eigenvalue weighted by Gasteiger charge is -2.45. The fourth-order valence-corrected chi connectivity index (χ4v) is 3.05. The molecule has 10 atom stereocenters. The molecule has 9 nitrogen and oxygen atoms in total. The highest BCUT2D eigenvalue weighted by molar-refractivity contribution is 4.97. The second-order valence-corrected chi connectivity index (χ2v) is 6.24. The van der Waals surface area contributed by atoms with Gasteiger partial charge in [-0.1, -0.05) is 6.92 Å². The summed E-state index contributed by atoms with van der Waals surface area (Å²) in [5, 5.41) is 48.8. The maximum atomic E-state index is 10.1. The van der Waals surface area contributed by atoms with E-state index >= 15 is 0 Å². The molecule has 1 aliphatic carbocycles. The van der Waals surface area contributed by atoms with Crippen molar-refractivity contribution in [2.75, 3.05) is 6.61 Å². The molecule has 1 heterocycles. The summed E-state index contributed by atoms with van der Waals surface area (Å²) < 4.78 is 10.9. The first-order valence-corrected chi connectivity index (χ1v) is 7.43. The molecule has 9 heteroatoms. The largest absolute Gasteiger partial charge is 0.394 e. The van der Waals surface area contributed by atoms with Crippen LogP contribution in [0.5, 0.6) is 0 Å². The third-order valence-electron chi connectivity index (χ3n) is 4.56. The predicted octanol–water partition coefficient (Wildman–Crippen LogP) is -3.77. The Kier molecular flexibility index (Phi) is 5.75. The molecule has 2 rings (SSSR count). The highest BCUT2D eigenvalue weighted by Crippen LogP contribution is 2.29. The lowest BCUT2D eigenvalue weighted by Crippen LogP contribution is -2.65. The van der Waals surface area contributed by atoms with Gasteiger partial charge in [0.15, 0.2) is 6.29 Å². The van der Waals surface area contributed by atoms with E-state index in [0.717, 1.165) is 0 Å². The van der Waals surface area contributed by atoms with Crippen molar-refractivity contribution >= 4 is 0 Å². The minimum absolute atomic E-state index is 0.177. The Morgan fingerprint density at radius 3 is 2.27 bits per heavy atom. The highest BCUT2D eigenvalue weighted by atomic mass is 16.7. The van der Waals surface area contributed by atoms with Crippen molar-refractivity contribution in [1.29, 1.82) is 0 Å². The van der Waals surface area contributed by atoms with Gasteiger partial charge in [0.2, 0.25) is 0 Å². The highest BCUT2D eigenvalue weighted by Gasteiger charge is 2.47. The zero-order valence-electron chi connectivity index (χ0n) is 12.4.